The van der Waals surface area contributed by atoms with E-state index in [-0.39, 0.29) is 17.6 Å². The minimum Gasteiger partial charge on any atom is -0.353 e. The van der Waals surface area contributed by atoms with Crippen LogP contribution in [0.2, 0.25) is 0 Å². The summed E-state index contributed by atoms with van der Waals surface area (Å²) in [7, 11) is 0. The van der Waals surface area contributed by atoms with Crippen LogP contribution < -0.4 is 10.6 Å². The second-order valence-corrected chi connectivity index (χ2v) is 7.72. The van der Waals surface area contributed by atoms with Crippen molar-refractivity contribution >= 4 is 28.3 Å². The molecule has 0 bridgehead atoms. The molecular formula is C20H24FN3O2S. The molecule has 1 aliphatic carbocycles. The van der Waals surface area contributed by atoms with Crippen molar-refractivity contribution < 1.29 is 14.0 Å². The Labute approximate surface area is 162 Å². The Morgan fingerprint density at radius 3 is 2.52 bits per heavy atom. The first-order valence-electron chi connectivity index (χ1n) is 9.41. The number of carbonyl (C=O) groups is 2. The molecule has 1 saturated carbocycles. The van der Waals surface area contributed by atoms with E-state index >= 15 is 0 Å². The topological polar surface area (TPSA) is 71.1 Å². The van der Waals surface area contributed by atoms with Gasteiger partial charge in [0.25, 0.3) is 5.91 Å². The maximum Gasteiger partial charge on any atom is 0.257 e. The predicted molar refractivity (Wildman–Crippen MR) is 104 cm³/mol. The maximum absolute atomic E-state index is 12.9. The van der Waals surface area contributed by atoms with Crippen molar-refractivity contribution in [1.82, 2.24) is 10.3 Å². The van der Waals surface area contributed by atoms with Crippen LogP contribution >= 0.6 is 11.3 Å². The molecule has 3 rings (SSSR count). The molecule has 0 spiro atoms. The van der Waals surface area contributed by atoms with Gasteiger partial charge in [-0.1, -0.05) is 25.7 Å². The molecule has 5 nitrogen and oxygen atoms in total. The molecule has 2 N–H and O–H groups in total. The van der Waals surface area contributed by atoms with E-state index in [1.807, 2.05) is 5.38 Å². The lowest BCUT2D eigenvalue weighted by Crippen LogP contribution is -2.34. The van der Waals surface area contributed by atoms with Crippen molar-refractivity contribution in [1.29, 1.82) is 0 Å². The number of hydrogen-bond acceptors (Lipinski definition) is 4. The lowest BCUT2D eigenvalue weighted by atomic mass is 10.1. The van der Waals surface area contributed by atoms with Gasteiger partial charge in [-0.3, -0.25) is 14.9 Å². The Morgan fingerprint density at radius 2 is 1.81 bits per heavy atom. The number of aromatic nitrogens is 1. The number of rotatable bonds is 6. The van der Waals surface area contributed by atoms with Crippen LogP contribution in [0, 0.1) is 5.82 Å². The average molecular weight is 389 g/mol. The molecule has 0 saturated heterocycles. The molecule has 144 valence electrons. The standard InChI is InChI=1S/C20H24FN3O2S/c21-15-9-7-14(8-10-15)19(26)24-20-23-17(13-27-20)11-12-18(25)22-16-5-3-1-2-4-6-16/h7-10,13,16H,1-6,11-12H2,(H,22,25)(H,23,24,26). The van der Waals surface area contributed by atoms with E-state index in [2.05, 4.69) is 15.6 Å². The summed E-state index contributed by atoms with van der Waals surface area (Å²) >= 11 is 1.32. The Hall–Kier alpha value is -2.28. The van der Waals surface area contributed by atoms with E-state index < -0.39 is 0 Å². The van der Waals surface area contributed by atoms with Crippen LogP contribution in [0.4, 0.5) is 9.52 Å². The van der Waals surface area contributed by atoms with Crippen LogP contribution in [0.15, 0.2) is 29.6 Å². The maximum atomic E-state index is 12.9. The molecule has 0 atom stereocenters. The lowest BCUT2D eigenvalue weighted by molar-refractivity contribution is -0.121. The van der Waals surface area contributed by atoms with Crippen LogP contribution in [0.25, 0.3) is 0 Å². The Bertz CT molecular complexity index is 768. The molecule has 0 aliphatic heterocycles. The van der Waals surface area contributed by atoms with E-state index in [1.54, 1.807) is 0 Å². The first-order valence-corrected chi connectivity index (χ1v) is 10.3. The van der Waals surface area contributed by atoms with Gasteiger partial charge in [0.1, 0.15) is 5.82 Å². The first kappa shape index (κ1) is 19.5. The highest BCUT2D eigenvalue weighted by Gasteiger charge is 2.15. The Kier molecular flexibility index (Phi) is 6.92. The number of carbonyl (C=O) groups excluding carboxylic acids is 2. The number of nitrogens with zero attached hydrogens (tertiary/aromatic N) is 1. The van der Waals surface area contributed by atoms with Gasteiger partial charge in [-0.05, 0) is 43.5 Å². The molecule has 7 heteroatoms. The average Bonchev–Trinajstić information content (AvgIpc) is 2.94. The molecule has 0 unspecified atom stereocenters. The zero-order chi connectivity index (χ0) is 19.1. The van der Waals surface area contributed by atoms with Crippen molar-refractivity contribution in [2.75, 3.05) is 5.32 Å². The summed E-state index contributed by atoms with van der Waals surface area (Å²) < 4.78 is 12.9. The van der Waals surface area contributed by atoms with Crippen molar-refractivity contribution in [2.24, 2.45) is 0 Å². The van der Waals surface area contributed by atoms with Gasteiger partial charge in [-0.2, -0.15) is 0 Å². The quantitative estimate of drug-likeness (QED) is 0.724. The monoisotopic (exact) mass is 389 g/mol. The molecule has 1 fully saturated rings. The fraction of sp³-hybridized carbons (Fsp3) is 0.450. The largest absolute Gasteiger partial charge is 0.353 e. The highest BCUT2D eigenvalue weighted by molar-refractivity contribution is 7.14. The second-order valence-electron chi connectivity index (χ2n) is 6.86. The molecule has 1 aromatic carbocycles. The van der Waals surface area contributed by atoms with Gasteiger partial charge in [0.15, 0.2) is 5.13 Å². The SMILES string of the molecule is O=C(CCc1csc(NC(=O)c2ccc(F)cc2)n1)NC1CCCCCC1. The summed E-state index contributed by atoms with van der Waals surface area (Å²) in [5, 5.41) is 8.16. The van der Waals surface area contributed by atoms with Crippen molar-refractivity contribution in [3.8, 4) is 0 Å². The van der Waals surface area contributed by atoms with Crippen LogP contribution in [-0.4, -0.2) is 22.8 Å². The predicted octanol–water partition coefficient (Wildman–Crippen LogP) is 4.31. The number of amides is 2. The fourth-order valence-electron chi connectivity index (χ4n) is 3.21. The number of thiazole rings is 1. The van der Waals surface area contributed by atoms with Gasteiger partial charge in [-0.15, -0.1) is 11.3 Å². The first-order chi connectivity index (χ1) is 13.1. The molecule has 1 aromatic heterocycles. The molecular weight excluding hydrogens is 365 g/mol. The van der Waals surface area contributed by atoms with Crippen LogP contribution in [0.5, 0.6) is 0 Å². The van der Waals surface area contributed by atoms with Crippen molar-refractivity contribution in [3.05, 3.63) is 46.7 Å². The zero-order valence-corrected chi connectivity index (χ0v) is 16.0. The Morgan fingerprint density at radius 1 is 1.11 bits per heavy atom. The van der Waals surface area contributed by atoms with Gasteiger partial charge >= 0.3 is 0 Å². The third-order valence-corrected chi connectivity index (χ3v) is 5.51. The van der Waals surface area contributed by atoms with E-state index in [0.29, 0.717) is 29.6 Å². The van der Waals surface area contributed by atoms with E-state index in [0.717, 1.165) is 18.5 Å². The van der Waals surface area contributed by atoms with E-state index in [9.17, 15) is 14.0 Å². The van der Waals surface area contributed by atoms with Crippen LogP contribution in [-0.2, 0) is 11.2 Å². The summed E-state index contributed by atoms with van der Waals surface area (Å²) in [6, 6.07) is 5.65. The number of aryl methyl sites for hydroxylation is 1. The molecule has 1 aliphatic rings. The smallest absolute Gasteiger partial charge is 0.257 e. The van der Waals surface area contributed by atoms with Crippen molar-refractivity contribution in [3.63, 3.8) is 0 Å². The summed E-state index contributed by atoms with van der Waals surface area (Å²) in [6.07, 6.45) is 7.98. The van der Waals surface area contributed by atoms with Gasteiger partial charge in [-0.25, -0.2) is 9.37 Å². The fourth-order valence-corrected chi connectivity index (χ4v) is 3.95. The third kappa shape index (κ3) is 6.13. The second kappa shape index (κ2) is 9.60. The zero-order valence-electron chi connectivity index (χ0n) is 15.2. The minimum atomic E-state index is -0.384. The third-order valence-electron chi connectivity index (χ3n) is 4.71. The highest BCUT2D eigenvalue weighted by Crippen LogP contribution is 2.19. The van der Waals surface area contributed by atoms with E-state index in [1.165, 1.54) is 61.3 Å². The number of anilines is 1. The van der Waals surface area contributed by atoms with Crippen LogP contribution in [0.1, 0.15) is 61.0 Å². The number of benzene rings is 1. The number of nitrogens with one attached hydrogen (secondary N) is 2. The normalized spacial score (nSPS) is 15.1. The molecule has 1 heterocycles. The molecule has 0 radical (unpaired) electrons. The number of hydrogen-bond donors (Lipinski definition) is 2. The molecule has 2 aromatic rings. The highest BCUT2D eigenvalue weighted by atomic mass is 32.1. The summed E-state index contributed by atoms with van der Waals surface area (Å²) in [5.74, 6) is -0.654. The van der Waals surface area contributed by atoms with Crippen LogP contribution in [0.3, 0.4) is 0 Å². The van der Waals surface area contributed by atoms with Crippen molar-refractivity contribution in [2.45, 2.75) is 57.4 Å². The Balaban J connectivity index is 1.45. The lowest BCUT2D eigenvalue weighted by Gasteiger charge is -2.15. The number of halogens is 1. The summed E-state index contributed by atoms with van der Waals surface area (Å²) in [4.78, 5) is 28.6. The van der Waals surface area contributed by atoms with Gasteiger partial charge in [0.2, 0.25) is 5.91 Å². The van der Waals surface area contributed by atoms with Gasteiger partial charge in [0, 0.05) is 23.4 Å². The van der Waals surface area contributed by atoms with Gasteiger partial charge < -0.3 is 5.32 Å². The molecule has 2 amide bonds. The minimum absolute atomic E-state index is 0.0618. The summed E-state index contributed by atoms with van der Waals surface area (Å²) in [5.41, 5.74) is 1.15. The summed E-state index contributed by atoms with van der Waals surface area (Å²) in [6.45, 7) is 0. The van der Waals surface area contributed by atoms with E-state index in [4.69, 9.17) is 0 Å². The molecule has 27 heavy (non-hydrogen) atoms. The van der Waals surface area contributed by atoms with Gasteiger partial charge in [0.05, 0.1) is 5.69 Å².